The van der Waals surface area contributed by atoms with Crippen molar-refractivity contribution in [3.05, 3.63) is 42.6 Å². The standard InChI is InChI=1S/C15H15N5O/c1-2-17-13-8-14(20-15(16)19-13)21-11-7-10-5-3-4-6-12(10)18-9-11/h3-9H,2H2,1H3,(H3,16,17,19,20). The van der Waals surface area contributed by atoms with E-state index in [-0.39, 0.29) is 5.95 Å². The van der Waals surface area contributed by atoms with Crippen LogP contribution in [0.2, 0.25) is 0 Å². The highest BCUT2D eigenvalue weighted by atomic mass is 16.5. The van der Waals surface area contributed by atoms with Gasteiger partial charge < -0.3 is 15.8 Å². The van der Waals surface area contributed by atoms with Crippen LogP contribution in [0, 0.1) is 0 Å². The summed E-state index contributed by atoms with van der Waals surface area (Å²) in [5.41, 5.74) is 6.59. The van der Waals surface area contributed by atoms with Crippen LogP contribution in [0.1, 0.15) is 6.92 Å². The second-order valence-corrected chi connectivity index (χ2v) is 4.45. The molecular formula is C15H15N5O. The second-order valence-electron chi connectivity index (χ2n) is 4.45. The van der Waals surface area contributed by atoms with Crippen molar-refractivity contribution in [2.75, 3.05) is 17.6 Å². The van der Waals surface area contributed by atoms with E-state index in [4.69, 9.17) is 10.5 Å². The maximum atomic E-state index is 5.72. The highest BCUT2D eigenvalue weighted by Crippen LogP contribution is 2.24. The number of para-hydroxylation sites is 1. The number of fused-ring (bicyclic) bond motifs is 1. The van der Waals surface area contributed by atoms with E-state index in [1.54, 1.807) is 12.3 Å². The van der Waals surface area contributed by atoms with Crippen molar-refractivity contribution in [2.24, 2.45) is 0 Å². The first kappa shape index (κ1) is 13.1. The molecule has 3 aromatic rings. The summed E-state index contributed by atoms with van der Waals surface area (Å²) in [6, 6.07) is 11.4. The van der Waals surface area contributed by atoms with Gasteiger partial charge in [0.1, 0.15) is 11.6 Å². The molecule has 0 aliphatic carbocycles. The Bertz CT molecular complexity index is 775. The third-order valence-corrected chi connectivity index (χ3v) is 2.87. The number of nitrogens with one attached hydrogen (secondary N) is 1. The van der Waals surface area contributed by atoms with E-state index in [0.29, 0.717) is 17.4 Å². The first-order valence-electron chi connectivity index (χ1n) is 6.65. The molecule has 0 aliphatic rings. The molecule has 2 aromatic heterocycles. The molecular weight excluding hydrogens is 266 g/mol. The SMILES string of the molecule is CCNc1cc(Oc2cnc3ccccc3c2)nc(N)n1. The molecule has 0 amide bonds. The molecule has 0 aliphatic heterocycles. The lowest BCUT2D eigenvalue weighted by atomic mass is 10.2. The van der Waals surface area contributed by atoms with Crippen molar-refractivity contribution in [3.63, 3.8) is 0 Å². The van der Waals surface area contributed by atoms with E-state index in [0.717, 1.165) is 17.4 Å². The van der Waals surface area contributed by atoms with Crippen molar-refractivity contribution in [1.82, 2.24) is 15.0 Å². The smallest absolute Gasteiger partial charge is 0.226 e. The fourth-order valence-corrected chi connectivity index (χ4v) is 1.99. The number of anilines is 2. The zero-order valence-electron chi connectivity index (χ0n) is 11.6. The largest absolute Gasteiger partial charge is 0.437 e. The first-order valence-corrected chi connectivity index (χ1v) is 6.65. The highest BCUT2D eigenvalue weighted by Gasteiger charge is 2.05. The van der Waals surface area contributed by atoms with Gasteiger partial charge in [0.2, 0.25) is 11.8 Å². The summed E-state index contributed by atoms with van der Waals surface area (Å²) in [5.74, 6) is 1.79. The minimum absolute atomic E-state index is 0.164. The van der Waals surface area contributed by atoms with Gasteiger partial charge in [-0.05, 0) is 19.1 Å². The van der Waals surface area contributed by atoms with Crippen LogP contribution in [-0.4, -0.2) is 21.5 Å². The van der Waals surface area contributed by atoms with Gasteiger partial charge >= 0.3 is 0 Å². The molecule has 3 N–H and O–H groups in total. The average molecular weight is 281 g/mol. The number of ether oxygens (including phenoxy) is 1. The lowest BCUT2D eigenvalue weighted by Gasteiger charge is -2.08. The predicted molar refractivity (Wildman–Crippen MR) is 82.4 cm³/mol. The Balaban J connectivity index is 1.90. The van der Waals surface area contributed by atoms with Crippen LogP contribution >= 0.6 is 0 Å². The molecule has 0 fully saturated rings. The van der Waals surface area contributed by atoms with Crippen LogP contribution in [0.5, 0.6) is 11.6 Å². The first-order chi connectivity index (χ1) is 10.2. The van der Waals surface area contributed by atoms with Gasteiger partial charge in [0, 0.05) is 18.0 Å². The van der Waals surface area contributed by atoms with Crippen LogP contribution in [0.25, 0.3) is 10.9 Å². The third kappa shape index (κ3) is 3.00. The predicted octanol–water partition coefficient (Wildman–Crippen LogP) is 2.83. The lowest BCUT2D eigenvalue weighted by Crippen LogP contribution is -2.04. The minimum atomic E-state index is 0.164. The van der Waals surface area contributed by atoms with Gasteiger partial charge in [0.15, 0.2) is 0 Å². The molecule has 0 saturated carbocycles. The monoisotopic (exact) mass is 281 g/mol. The summed E-state index contributed by atoms with van der Waals surface area (Å²) in [4.78, 5) is 12.5. The van der Waals surface area contributed by atoms with Crippen molar-refractivity contribution in [3.8, 4) is 11.6 Å². The fraction of sp³-hybridized carbons (Fsp3) is 0.133. The minimum Gasteiger partial charge on any atom is -0.437 e. The molecule has 3 rings (SSSR count). The van der Waals surface area contributed by atoms with E-state index in [9.17, 15) is 0 Å². The van der Waals surface area contributed by atoms with Gasteiger partial charge in [0.25, 0.3) is 0 Å². The Kier molecular flexibility index (Phi) is 3.51. The van der Waals surface area contributed by atoms with Crippen LogP contribution in [0.4, 0.5) is 11.8 Å². The Labute approximate surface area is 122 Å². The molecule has 21 heavy (non-hydrogen) atoms. The topological polar surface area (TPSA) is 86.0 Å². The maximum Gasteiger partial charge on any atom is 0.226 e. The highest BCUT2D eigenvalue weighted by molar-refractivity contribution is 5.79. The van der Waals surface area contributed by atoms with Crippen LogP contribution < -0.4 is 15.8 Å². The molecule has 106 valence electrons. The van der Waals surface area contributed by atoms with Gasteiger partial charge in [-0.2, -0.15) is 9.97 Å². The zero-order valence-corrected chi connectivity index (χ0v) is 11.6. The van der Waals surface area contributed by atoms with E-state index in [1.807, 2.05) is 37.3 Å². The van der Waals surface area contributed by atoms with Crippen molar-refractivity contribution >= 4 is 22.7 Å². The summed E-state index contributed by atoms with van der Waals surface area (Å²) < 4.78 is 5.72. The Morgan fingerprint density at radius 2 is 2.05 bits per heavy atom. The summed E-state index contributed by atoms with van der Waals surface area (Å²) in [6.45, 7) is 2.72. The maximum absolute atomic E-state index is 5.72. The molecule has 6 nitrogen and oxygen atoms in total. The van der Waals surface area contributed by atoms with Crippen molar-refractivity contribution in [2.45, 2.75) is 6.92 Å². The summed E-state index contributed by atoms with van der Waals surface area (Å²) in [5, 5.41) is 4.08. The number of nitrogens with two attached hydrogens (primary N) is 1. The summed E-state index contributed by atoms with van der Waals surface area (Å²) in [6.07, 6.45) is 1.66. The molecule has 0 atom stereocenters. The Hall–Kier alpha value is -2.89. The van der Waals surface area contributed by atoms with Gasteiger partial charge in [-0.15, -0.1) is 0 Å². The molecule has 1 aromatic carbocycles. The van der Waals surface area contributed by atoms with E-state index in [1.165, 1.54) is 0 Å². The molecule has 0 spiro atoms. The number of hydrogen-bond donors (Lipinski definition) is 2. The number of aromatic nitrogens is 3. The van der Waals surface area contributed by atoms with Crippen molar-refractivity contribution in [1.29, 1.82) is 0 Å². The van der Waals surface area contributed by atoms with Gasteiger partial charge in [-0.3, -0.25) is 4.98 Å². The van der Waals surface area contributed by atoms with E-state index < -0.39 is 0 Å². The normalized spacial score (nSPS) is 10.5. The molecule has 0 saturated heterocycles. The molecule has 2 heterocycles. The molecule has 0 radical (unpaired) electrons. The zero-order chi connectivity index (χ0) is 14.7. The van der Waals surface area contributed by atoms with Gasteiger partial charge in [0.05, 0.1) is 11.7 Å². The number of hydrogen-bond acceptors (Lipinski definition) is 6. The lowest BCUT2D eigenvalue weighted by molar-refractivity contribution is 0.462. The second kappa shape index (κ2) is 5.62. The van der Waals surface area contributed by atoms with Crippen LogP contribution in [0.15, 0.2) is 42.6 Å². The quantitative estimate of drug-likeness (QED) is 0.764. The summed E-state index contributed by atoms with van der Waals surface area (Å²) >= 11 is 0. The number of nitrogens with zero attached hydrogens (tertiary/aromatic N) is 3. The molecule has 0 bridgehead atoms. The molecule has 0 unspecified atom stereocenters. The van der Waals surface area contributed by atoms with E-state index in [2.05, 4.69) is 20.3 Å². The van der Waals surface area contributed by atoms with Crippen LogP contribution in [0.3, 0.4) is 0 Å². The Morgan fingerprint density at radius 1 is 1.19 bits per heavy atom. The molecule has 6 heteroatoms. The number of benzene rings is 1. The Morgan fingerprint density at radius 3 is 2.90 bits per heavy atom. The number of pyridine rings is 1. The van der Waals surface area contributed by atoms with E-state index >= 15 is 0 Å². The van der Waals surface area contributed by atoms with Gasteiger partial charge in [-0.25, -0.2) is 0 Å². The van der Waals surface area contributed by atoms with Crippen LogP contribution in [-0.2, 0) is 0 Å². The fourth-order valence-electron chi connectivity index (χ4n) is 1.99. The summed E-state index contributed by atoms with van der Waals surface area (Å²) in [7, 11) is 0. The van der Waals surface area contributed by atoms with Crippen molar-refractivity contribution < 1.29 is 4.74 Å². The van der Waals surface area contributed by atoms with Gasteiger partial charge in [-0.1, -0.05) is 18.2 Å². The number of nitrogen functional groups attached to an aromatic ring is 1. The number of rotatable bonds is 4. The average Bonchev–Trinajstić information content (AvgIpc) is 2.47. The third-order valence-electron chi connectivity index (χ3n) is 2.87.